The monoisotopic (exact) mass is 479 g/mol. The summed E-state index contributed by atoms with van der Waals surface area (Å²) in [6.07, 6.45) is 0.823. The molecule has 5 N–H and O–H groups in total. The van der Waals surface area contributed by atoms with E-state index in [4.69, 9.17) is 22.3 Å². The summed E-state index contributed by atoms with van der Waals surface area (Å²) in [6, 6.07) is 11.6. The SMILES string of the molecule is CC[C@H](N)CNc1c(-c2nc3ccc(N4CCN(C)CC4)cc3[nH]2)c(=O)[nH]c2ccc(Cl)cc12. The Kier molecular flexibility index (Phi) is 6.20. The number of hydrogen-bond donors (Lipinski definition) is 4. The van der Waals surface area contributed by atoms with Crippen molar-refractivity contribution in [1.29, 1.82) is 0 Å². The summed E-state index contributed by atoms with van der Waals surface area (Å²) < 4.78 is 0. The largest absolute Gasteiger partial charge is 0.382 e. The molecule has 0 unspecified atom stereocenters. The molecular weight excluding hydrogens is 450 g/mol. The Morgan fingerprint density at radius 2 is 1.91 bits per heavy atom. The van der Waals surface area contributed by atoms with Gasteiger partial charge in [-0.3, -0.25) is 4.79 Å². The maximum atomic E-state index is 13.2. The van der Waals surface area contributed by atoms with E-state index in [0.29, 0.717) is 34.2 Å². The van der Waals surface area contributed by atoms with Gasteiger partial charge in [0.05, 0.1) is 22.2 Å². The van der Waals surface area contributed by atoms with Crippen molar-refractivity contribution >= 4 is 44.9 Å². The fraction of sp³-hybridized carbons (Fsp3) is 0.360. The van der Waals surface area contributed by atoms with Crippen LogP contribution in [0.15, 0.2) is 41.2 Å². The van der Waals surface area contributed by atoms with E-state index in [1.807, 2.05) is 25.1 Å². The summed E-state index contributed by atoms with van der Waals surface area (Å²) in [5, 5.41) is 4.82. The second-order valence-corrected chi connectivity index (χ2v) is 9.46. The number of nitrogens with zero attached hydrogens (tertiary/aromatic N) is 3. The van der Waals surface area contributed by atoms with Crippen LogP contribution in [-0.2, 0) is 0 Å². The van der Waals surface area contributed by atoms with Crippen LogP contribution in [0, 0.1) is 0 Å². The molecule has 1 fully saturated rings. The van der Waals surface area contributed by atoms with E-state index in [0.717, 1.165) is 54.7 Å². The molecule has 8 nitrogen and oxygen atoms in total. The summed E-state index contributed by atoms with van der Waals surface area (Å²) in [5.41, 5.74) is 10.7. The van der Waals surface area contributed by atoms with Crippen molar-refractivity contribution in [2.45, 2.75) is 19.4 Å². The Morgan fingerprint density at radius 3 is 2.68 bits per heavy atom. The van der Waals surface area contributed by atoms with Gasteiger partial charge in [0.1, 0.15) is 11.4 Å². The Bertz CT molecular complexity index is 1390. The van der Waals surface area contributed by atoms with Crippen LogP contribution in [0.2, 0.25) is 5.02 Å². The van der Waals surface area contributed by atoms with Gasteiger partial charge >= 0.3 is 0 Å². The third-order valence-corrected chi connectivity index (χ3v) is 6.85. The number of nitrogens with one attached hydrogen (secondary N) is 3. The van der Waals surface area contributed by atoms with Gasteiger partial charge in [0.25, 0.3) is 5.56 Å². The molecule has 1 aliphatic rings. The minimum Gasteiger partial charge on any atom is -0.382 e. The molecule has 0 spiro atoms. The van der Waals surface area contributed by atoms with E-state index < -0.39 is 0 Å². The average molecular weight is 480 g/mol. The van der Waals surface area contributed by atoms with Crippen LogP contribution < -0.4 is 21.5 Å². The third-order valence-electron chi connectivity index (χ3n) is 6.61. The molecule has 1 atom stereocenters. The zero-order chi connectivity index (χ0) is 23.8. The first-order chi connectivity index (χ1) is 16.4. The van der Waals surface area contributed by atoms with Gasteiger partial charge in [-0.2, -0.15) is 0 Å². The summed E-state index contributed by atoms with van der Waals surface area (Å²) in [5.74, 6) is 0.515. The summed E-state index contributed by atoms with van der Waals surface area (Å²) in [4.78, 5) is 29.1. The molecule has 2 aromatic carbocycles. The normalized spacial score (nSPS) is 15.8. The Morgan fingerprint density at radius 1 is 1.12 bits per heavy atom. The minimum atomic E-state index is -0.222. The zero-order valence-corrected chi connectivity index (χ0v) is 20.2. The standard InChI is InChI=1S/C25H30ClN7O/c1-3-16(27)14-28-23-18-12-15(26)4-6-19(18)31-25(34)22(23)24-29-20-7-5-17(13-21(20)30-24)33-10-8-32(2)9-11-33/h4-7,12-13,16H,3,8-11,14,27H2,1-2H3,(H,29,30)(H2,28,31,34)/t16-/m0/s1. The zero-order valence-electron chi connectivity index (χ0n) is 19.5. The van der Waals surface area contributed by atoms with Gasteiger partial charge < -0.3 is 30.8 Å². The van der Waals surface area contributed by atoms with E-state index in [1.54, 1.807) is 6.07 Å². The van der Waals surface area contributed by atoms with E-state index in [1.165, 1.54) is 0 Å². The topological polar surface area (TPSA) is 106 Å². The molecule has 5 rings (SSSR count). The second kappa shape index (κ2) is 9.29. The molecule has 0 aliphatic carbocycles. The van der Waals surface area contributed by atoms with Gasteiger partial charge in [0.2, 0.25) is 0 Å². The molecule has 0 saturated carbocycles. The van der Waals surface area contributed by atoms with Gasteiger partial charge in [0.15, 0.2) is 0 Å². The molecule has 0 radical (unpaired) electrons. The number of hydrogen-bond acceptors (Lipinski definition) is 6. The lowest BCUT2D eigenvalue weighted by molar-refractivity contribution is 0.313. The molecule has 2 aromatic heterocycles. The highest BCUT2D eigenvalue weighted by Gasteiger charge is 2.20. The highest BCUT2D eigenvalue weighted by molar-refractivity contribution is 6.31. The number of anilines is 2. The highest BCUT2D eigenvalue weighted by atomic mass is 35.5. The Labute approximate surface area is 203 Å². The van der Waals surface area contributed by atoms with Crippen LogP contribution in [0.3, 0.4) is 0 Å². The van der Waals surface area contributed by atoms with Crippen molar-refractivity contribution in [3.63, 3.8) is 0 Å². The number of fused-ring (bicyclic) bond motifs is 2. The maximum Gasteiger partial charge on any atom is 0.261 e. The first-order valence-corrected chi connectivity index (χ1v) is 12.1. The quantitative estimate of drug-likeness (QED) is 0.336. The number of benzene rings is 2. The van der Waals surface area contributed by atoms with Gasteiger partial charge in [-0.05, 0) is 49.9 Å². The van der Waals surface area contributed by atoms with Gasteiger partial charge in [-0.25, -0.2) is 4.98 Å². The molecule has 0 amide bonds. The van der Waals surface area contributed by atoms with Crippen LogP contribution in [0.5, 0.6) is 0 Å². The Hall–Kier alpha value is -3.07. The third kappa shape index (κ3) is 4.36. The summed E-state index contributed by atoms with van der Waals surface area (Å²) >= 11 is 6.31. The highest BCUT2D eigenvalue weighted by Crippen LogP contribution is 2.33. The minimum absolute atomic E-state index is 0.0387. The summed E-state index contributed by atoms with van der Waals surface area (Å²) in [6.45, 7) is 6.62. The predicted octanol–water partition coefficient (Wildman–Crippen LogP) is 3.63. The molecule has 4 aromatic rings. The van der Waals surface area contributed by atoms with E-state index in [-0.39, 0.29) is 11.6 Å². The number of pyridine rings is 1. The number of imidazole rings is 1. The number of piperazine rings is 1. The van der Waals surface area contributed by atoms with Crippen molar-refractivity contribution in [2.75, 3.05) is 50.0 Å². The van der Waals surface area contributed by atoms with E-state index >= 15 is 0 Å². The molecule has 9 heteroatoms. The van der Waals surface area contributed by atoms with E-state index in [9.17, 15) is 4.79 Å². The molecule has 1 aliphatic heterocycles. The van der Waals surface area contributed by atoms with Crippen molar-refractivity contribution in [1.82, 2.24) is 19.9 Å². The van der Waals surface area contributed by atoms with Crippen LogP contribution in [-0.4, -0.2) is 65.7 Å². The molecule has 3 heterocycles. The van der Waals surface area contributed by atoms with Gasteiger partial charge in [-0.1, -0.05) is 18.5 Å². The van der Waals surface area contributed by atoms with Crippen molar-refractivity contribution in [3.8, 4) is 11.4 Å². The van der Waals surface area contributed by atoms with Gasteiger partial charge in [0, 0.05) is 54.9 Å². The lowest BCUT2D eigenvalue weighted by Crippen LogP contribution is -2.44. The van der Waals surface area contributed by atoms with Crippen molar-refractivity contribution < 1.29 is 0 Å². The van der Waals surface area contributed by atoms with Crippen LogP contribution in [0.4, 0.5) is 11.4 Å². The molecule has 34 heavy (non-hydrogen) atoms. The number of aromatic nitrogens is 3. The number of nitrogens with two attached hydrogens (primary N) is 1. The maximum absolute atomic E-state index is 13.2. The molecule has 178 valence electrons. The lowest BCUT2D eigenvalue weighted by atomic mass is 10.1. The lowest BCUT2D eigenvalue weighted by Gasteiger charge is -2.34. The number of H-pyrrole nitrogens is 2. The second-order valence-electron chi connectivity index (χ2n) is 9.02. The first-order valence-electron chi connectivity index (χ1n) is 11.7. The van der Waals surface area contributed by atoms with Crippen molar-refractivity contribution in [3.05, 3.63) is 51.8 Å². The van der Waals surface area contributed by atoms with Crippen LogP contribution in [0.1, 0.15) is 13.3 Å². The smallest absolute Gasteiger partial charge is 0.261 e. The fourth-order valence-electron chi connectivity index (χ4n) is 4.43. The number of rotatable bonds is 6. The molecular formula is C25H30ClN7O. The number of aromatic amines is 2. The number of halogens is 1. The summed E-state index contributed by atoms with van der Waals surface area (Å²) in [7, 11) is 2.15. The van der Waals surface area contributed by atoms with Crippen molar-refractivity contribution in [2.24, 2.45) is 5.73 Å². The molecule has 1 saturated heterocycles. The first kappa shape index (κ1) is 22.7. The predicted molar refractivity (Wildman–Crippen MR) is 141 cm³/mol. The number of likely N-dealkylation sites (N-methyl/N-ethyl adjacent to an activating group) is 1. The molecule has 0 bridgehead atoms. The Balaban J connectivity index is 1.60. The van der Waals surface area contributed by atoms with Gasteiger partial charge in [-0.15, -0.1) is 0 Å². The van der Waals surface area contributed by atoms with Crippen LogP contribution in [0.25, 0.3) is 33.3 Å². The van der Waals surface area contributed by atoms with E-state index in [2.05, 4.69) is 44.3 Å². The van der Waals surface area contributed by atoms with Crippen LogP contribution >= 0.6 is 11.6 Å². The fourth-order valence-corrected chi connectivity index (χ4v) is 4.60. The average Bonchev–Trinajstić information content (AvgIpc) is 3.25.